The lowest BCUT2D eigenvalue weighted by molar-refractivity contribution is 0.00615. The number of piperazine rings is 1. The average Bonchev–Trinajstić information content (AvgIpc) is 2.47. The summed E-state index contributed by atoms with van der Waals surface area (Å²) in [5.74, 6) is -0.0966. The number of hydrogen-bond acceptors (Lipinski definition) is 3. The van der Waals surface area contributed by atoms with E-state index in [-0.39, 0.29) is 18.0 Å². The fraction of sp³-hybridized carbons (Fsp3) is 0.529. The smallest absolute Gasteiger partial charge is 0.410 e. The van der Waals surface area contributed by atoms with Gasteiger partial charge in [0.1, 0.15) is 5.60 Å². The summed E-state index contributed by atoms with van der Waals surface area (Å²) >= 11 is 9.44. The normalized spacial score (nSPS) is 18.5. The van der Waals surface area contributed by atoms with Gasteiger partial charge in [-0.1, -0.05) is 17.7 Å². The Morgan fingerprint density at radius 2 is 1.96 bits per heavy atom. The Morgan fingerprint density at radius 1 is 1.29 bits per heavy atom. The summed E-state index contributed by atoms with van der Waals surface area (Å²) in [6, 6.07) is 5.11. The van der Waals surface area contributed by atoms with Gasteiger partial charge in [0.2, 0.25) is 0 Å². The van der Waals surface area contributed by atoms with E-state index in [0.29, 0.717) is 34.7 Å². The molecule has 0 aromatic heterocycles. The third-order valence-corrected chi connectivity index (χ3v) is 5.12. The van der Waals surface area contributed by atoms with Crippen LogP contribution in [0.5, 0.6) is 0 Å². The molecule has 1 aliphatic heterocycles. The third kappa shape index (κ3) is 4.42. The number of amides is 2. The first-order valence-electron chi connectivity index (χ1n) is 7.83. The number of carbonyl (C=O) groups excluding carboxylic acids is 2. The van der Waals surface area contributed by atoms with E-state index in [9.17, 15) is 9.59 Å². The van der Waals surface area contributed by atoms with Crippen LogP contribution < -0.4 is 0 Å². The zero-order valence-electron chi connectivity index (χ0n) is 14.3. The first kappa shape index (κ1) is 19.1. The minimum atomic E-state index is -0.529. The summed E-state index contributed by atoms with van der Waals surface area (Å²) in [7, 11) is 0. The van der Waals surface area contributed by atoms with E-state index < -0.39 is 5.60 Å². The molecule has 1 heterocycles. The van der Waals surface area contributed by atoms with Crippen LogP contribution in [0.15, 0.2) is 22.7 Å². The number of hydrogen-bond donors (Lipinski definition) is 0. The Hall–Kier alpha value is -1.27. The SMILES string of the molecule is C[C@@H]1CN(C(=O)OC(C)(C)C)CCN1C(=O)c1cccc(Cl)c1Br. The molecule has 1 aliphatic rings. The van der Waals surface area contributed by atoms with Crippen LogP contribution in [0.25, 0.3) is 0 Å². The van der Waals surface area contributed by atoms with E-state index in [4.69, 9.17) is 16.3 Å². The highest BCUT2D eigenvalue weighted by Crippen LogP contribution is 2.28. The Labute approximate surface area is 156 Å². The van der Waals surface area contributed by atoms with Crippen molar-refractivity contribution in [2.24, 2.45) is 0 Å². The summed E-state index contributed by atoms with van der Waals surface area (Å²) in [5.41, 5.74) is -0.00100. The predicted molar refractivity (Wildman–Crippen MR) is 97.5 cm³/mol. The molecule has 0 N–H and O–H groups in total. The van der Waals surface area contributed by atoms with Gasteiger partial charge < -0.3 is 14.5 Å². The second kappa shape index (κ2) is 7.31. The molecule has 1 atom stereocenters. The molecule has 1 fully saturated rings. The lowest BCUT2D eigenvalue weighted by Gasteiger charge is -2.40. The molecular weight excluding hydrogens is 396 g/mol. The van der Waals surface area contributed by atoms with Crippen molar-refractivity contribution in [3.63, 3.8) is 0 Å². The summed E-state index contributed by atoms with van der Waals surface area (Å²) in [6.07, 6.45) is -0.342. The van der Waals surface area contributed by atoms with Crippen LogP contribution in [-0.2, 0) is 4.74 Å². The van der Waals surface area contributed by atoms with Crippen LogP contribution in [0.4, 0.5) is 4.79 Å². The van der Waals surface area contributed by atoms with Crippen LogP contribution in [-0.4, -0.2) is 53.1 Å². The number of benzene rings is 1. The van der Waals surface area contributed by atoms with E-state index in [0.717, 1.165) is 0 Å². The van der Waals surface area contributed by atoms with Crippen LogP contribution >= 0.6 is 27.5 Å². The van der Waals surface area contributed by atoms with Crippen LogP contribution in [0, 0.1) is 0 Å². The molecule has 5 nitrogen and oxygen atoms in total. The maximum atomic E-state index is 12.8. The van der Waals surface area contributed by atoms with Crippen LogP contribution in [0.1, 0.15) is 38.1 Å². The highest BCUT2D eigenvalue weighted by molar-refractivity contribution is 9.10. The fourth-order valence-corrected chi connectivity index (χ4v) is 3.18. The van der Waals surface area contributed by atoms with E-state index in [2.05, 4.69) is 15.9 Å². The molecule has 0 spiro atoms. The first-order valence-corrected chi connectivity index (χ1v) is 9.00. The number of nitrogens with zero attached hydrogens (tertiary/aromatic N) is 2. The van der Waals surface area contributed by atoms with Crippen molar-refractivity contribution in [2.75, 3.05) is 19.6 Å². The predicted octanol–water partition coefficient (Wildman–Crippen LogP) is 4.18. The topological polar surface area (TPSA) is 49.9 Å². The van der Waals surface area contributed by atoms with E-state index in [1.807, 2.05) is 27.7 Å². The molecule has 1 aromatic carbocycles. The van der Waals surface area contributed by atoms with Crippen molar-refractivity contribution < 1.29 is 14.3 Å². The quantitative estimate of drug-likeness (QED) is 0.688. The van der Waals surface area contributed by atoms with Gasteiger partial charge in [0.25, 0.3) is 5.91 Å². The average molecular weight is 418 g/mol. The van der Waals surface area contributed by atoms with Crippen molar-refractivity contribution >= 4 is 39.5 Å². The molecular formula is C17H22BrClN2O3. The van der Waals surface area contributed by atoms with Crippen molar-refractivity contribution in [1.82, 2.24) is 9.80 Å². The molecule has 0 unspecified atom stereocenters. The Bertz CT molecular complexity index is 645. The van der Waals surface area contributed by atoms with Gasteiger partial charge in [-0.05, 0) is 55.8 Å². The maximum Gasteiger partial charge on any atom is 0.410 e. The van der Waals surface area contributed by atoms with E-state index in [1.165, 1.54) is 0 Å². The molecule has 2 amide bonds. The molecule has 0 radical (unpaired) electrons. The number of ether oxygens (including phenoxy) is 1. The maximum absolute atomic E-state index is 12.8. The van der Waals surface area contributed by atoms with Gasteiger partial charge in [0, 0.05) is 30.1 Å². The highest BCUT2D eigenvalue weighted by atomic mass is 79.9. The monoisotopic (exact) mass is 416 g/mol. The molecule has 2 rings (SSSR count). The Balaban J connectivity index is 2.07. The van der Waals surface area contributed by atoms with Crippen LogP contribution in [0.3, 0.4) is 0 Å². The molecule has 7 heteroatoms. The number of carbonyl (C=O) groups is 2. The van der Waals surface area contributed by atoms with Crippen LogP contribution in [0.2, 0.25) is 5.02 Å². The fourth-order valence-electron chi connectivity index (χ4n) is 2.58. The van der Waals surface area contributed by atoms with Crippen molar-refractivity contribution in [2.45, 2.75) is 39.3 Å². The lowest BCUT2D eigenvalue weighted by Crippen LogP contribution is -2.56. The van der Waals surface area contributed by atoms with Crippen molar-refractivity contribution in [1.29, 1.82) is 0 Å². The highest BCUT2D eigenvalue weighted by Gasteiger charge is 2.33. The van der Waals surface area contributed by atoms with E-state index >= 15 is 0 Å². The van der Waals surface area contributed by atoms with Gasteiger partial charge in [-0.25, -0.2) is 4.79 Å². The Morgan fingerprint density at radius 3 is 2.54 bits per heavy atom. The second-order valence-electron chi connectivity index (χ2n) is 6.88. The van der Waals surface area contributed by atoms with Crippen molar-refractivity contribution in [3.8, 4) is 0 Å². The lowest BCUT2D eigenvalue weighted by atomic mass is 10.1. The largest absolute Gasteiger partial charge is 0.444 e. The van der Waals surface area contributed by atoms with Crippen molar-refractivity contribution in [3.05, 3.63) is 33.3 Å². The van der Waals surface area contributed by atoms with E-state index in [1.54, 1.807) is 28.0 Å². The van der Waals surface area contributed by atoms with Gasteiger partial charge in [0.15, 0.2) is 0 Å². The summed E-state index contributed by atoms with van der Waals surface area (Å²) in [5, 5.41) is 0.501. The van der Waals surface area contributed by atoms with Gasteiger partial charge >= 0.3 is 6.09 Å². The summed E-state index contributed by atoms with van der Waals surface area (Å²) in [6.45, 7) is 8.79. The first-order chi connectivity index (χ1) is 11.1. The number of halogens is 2. The molecule has 0 saturated carbocycles. The summed E-state index contributed by atoms with van der Waals surface area (Å²) < 4.78 is 6.00. The molecule has 0 bridgehead atoms. The van der Waals surface area contributed by atoms with Gasteiger partial charge in [-0.15, -0.1) is 0 Å². The Kier molecular flexibility index (Phi) is 5.81. The third-order valence-electron chi connectivity index (χ3n) is 3.72. The summed E-state index contributed by atoms with van der Waals surface area (Å²) in [4.78, 5) is 28.4. The molecule has 1 aromatic rings. The standard InChI is InChI=1S/C17H22BrClN2O3/c1-11-10-20(16(23)24-17(2,3)4)8-9-21(11)15(22)12-6-5-7-13(19)14(12)18/h5-7,11H,8-10H2,1-4H3/t11-/m1/s1. The molecule has 1 saturated heterocycles. The minimum absolute atomic E-state index is 0.0966. The second-order valence-corrected chi connectivity index (χ2v) is 8.08. The van der Waals surface area contributed by atoms with Gasteiger partial charge in [0.05, 0.1) is 10.6 Å². The molecule has 24 heavy (non-hydrogen) atoms. The minimum Gasteiger partial charge on any atom is -0.444 e. The molecule has 132 valence electrons. The molecule has 0 aliphatic carbocycles. The number of rotatable bonds is 1. The van der Waals surface area contributed by atoms with Gasteiger partial charge in [-0.2, -0.15) is 0 Å². The zero-order chi connectivity index (χ0) is 18.1. The van der Waals surface area contributed by atoms with Gasteiger partial charge in [-0.3, -0.25) is 4.79 Å². The zero-order valence-corrected chi connectivity index (χ0v) is 16.6.